The van der Waals surface area contributed by atoms with Gasteiger partial charge in [0.1, 0.15) is 17.6 Å². The van der Waals surface area contributed by atoms with Gasteiger partial charge in [0, 0.05) is 46.8 Å². The third kappa shape index (κ3) is 7.82. The van der Waals surface area contributed by atoms with Gasteiger partial charge in [0.15, 0.2) is 5.82 Å². The highest BCUT2D eigenvalue weighted by Gasteiger charge is 2.35. The van der Waals surface area contributed by atoms with Crippen molar-refractivity contribution in [1.82, 2.24) is 10.5 Å². The lowest BCUT2D eigenvalue weighted by Crippen LogP contribution is -2.49. The molecule has 38 heavy (non-hydrogen) atoms. The number of ether oxygens (including phenoxy) is 1. The maximum atomic E-state index is 13.8. The first-order chi connectivity index (χ1) is 18.0. The number of benzene rings is 2. The molecule has 2 aromatic carbocycles. The summed E-state index contributed by atoms with van der Waals surface area (Å²) in [5.74, 6) is 0.0745. The number of nitrogens with zero attached hydrogens (tertiary/aromatic N) is 2. The van der Waals surface area contributed by atoms with Crippen LogP contribution in [0.2, 0.25) is 5.02 Å². The van der Waals surface area contributed by atoms with Crippen molar-refractivity contribution in [2.24, 2.45) is 0 Å². The molecule has 10 heteroatoms. The number of rotatable bonds is 10. The van der Waals surface area contributed by atoms with E-state index in [4.69, 9.17) is 20.9 Å². The minimum Gasteiger partial charge on any atom is -0.494 e. The summed E-state index contributed by atoms with van der Waals surface area (Å²) in [6.45, 7) is 9.55. The zero-order valence-corrected chi connectivity index (χ0v) is 23.0. The lowest BCUT2D eigenvalue weighted by molar-refractivity contribution is -0.128. The van der Waals surface area contributed by atoms with E-state index >= 15 is 0 Å². The Morgan fingerprint density at radius 2 is 1.82 bits per heavy atom. The Balaban J connectivity index is 2.00. The van der Waals surface area contributed by atoms with Crippen LogP contribution in [0.3, 0.4) is 0 Å². The number of halogens is 1. The van der Waals surface area contributed by atoms with E-state index in [2.05, 4.69) is 15.8 Å². The summed E-state index contributed by atoms with van der Waals surface area (Å²) in [6.07, 6.45) is -0.312. The van der Waals surface area contributed by atoms with Crippen LogP contribution in [0.1, 0.15) is 57.9 Å². The van der Waals surface area contributed by atoms with Crippen molar-refractivity contribution in [2.45, 2.75) is 59.0 Å². The van der Waals surface area contributed by atoms with E-state index in [0.717, 1.165) is 0 Å². The van der Waals surface area contributed by atoms with E-state index in [1.807, 2.05) is 27.7 Å². The Morgan fingerprint density at radius 1 is 1.08 bits per heavy atom. The minimum atomic E-state index is -1.10. The highest BCUT2D eigenvalue weighted by molar-refractivity contribution is 6.31. The summed E-state index contributed by atoms with van der Waals surface area (Å²) in [6, 6.07) is 14.3. The van der Waals surface area contributed by atoms with Crippen LogP contribution in [0, 0.1) is 6.92 Å². The van der Waals surface area contributed by atoms with E-state index in [-0.39, 0.29) is 18.7 Å². The average Bonchev–Trinajstić information content (AvgIpc) is 3.25. The van der Waals surface area contributed by atoms with Crippen molar-refractivity contribution < 1.29 is 23.6 Å². The second kappa shape index (κ2) is 12.6. The van der Waals surface area contributed by atoms with Crippen LogP contribution in [0.4, 0.5) is 11.5 Å². The molecule has 1 aromatic heterocycles. The molecular formula is C28H33ClN4O5. The van der Waals surface area contributed by atoms with Crippen LogP contribution in [0.15, 0.2) is 59.1 Å². The Morgan fingerprint density at radius 3 is 2.45 bits per heavy atom. The third-order valence-electron chi connectivity index (χ3n) is 5.34. The number of aromatic nitrogens is 1. The van der Waals surface area contributed by atoms with Gasteiger partial charge < -0.3 is 19.9 Å². The van der Waals surface area contributed by atoms with Crippen molar-refractivity contribution in [1.29, 1.82) is 0 Å². The van der Waals surface area contributed by atoms with Gasteiger partial charge in [-0.15, -0.1) is 0 Å². The van der Waals surface area contributed by atoms with Gasteiger partial charge in [-0.3, -0.25) is 19.3 Å². The van der Waals surface area contributed by atoms with Gasteiger partial charge in [0.05, 0.1) is 6.61 Å². The fraction of sp³-hybridized carbons (Fsp3) is 0.357. The molecule has 0 radical (unpaired) electrons. The Labute approximate surface area is 227 Å². The molecule has 0 bridgehead atoms. The van der Waals surface area contributed by atoms with Crippen LogP contribution in [-0.2, 0) is 14.4 Å². The van der Waals surface area contributed by atoms with Crippen LogP contribution in [0.25, 0.3) is 0 Å². The first kappa shape index (κ1) is 28.7. The Kier molecular flexibility index (Phi) is 9.52. The first-order valence-corrected chi connectivity index (χ1v) is 12.7. The summed E-state index contributed by atoms with van der Waals surface area (Å²) in [4.78, 5) is 41.5. The van der Waals surface area contributed by atoms with Crippen molar-refractivity contribution in [3.05, 3.63) is 70.9 Å². The summed E-state index contributed by atoms with van der Waals surface area (Å²) >= 11 is 6.55. The van der Waals surface area contributed by atoms with Crippen LogP contribution in [0.5, 0.6) is 5.75 Å². The monoisotopic (exact) mass is 540 g/mol. The van der Waals surface area contributed by atoms with Crippen molar-refractivity contribution >= 4 is 40.8 Å². The lowest BCUT2D eigenvalue weighted by atomic mass is 10.00. The second-order valence-electron chi connectivity index (χ2n) is 9.73. The number of hydrogen-bond donors (Lipinski definition) is 2. The largest absolute Gasteiger partial charge is 0.494 e. The molecule has 202 valence electrons. The standard InChI is InChI=1S/C28H33ClN4O5/c1-6-37-20-11-9-10-19(17-20)33(25(35)15-14-24(34)30-23-16-18(2)38-32-23)26(27(36)31-28(3,4)5)21-12-7-8-13-22(21)29/h7-13,16-17,26H,6,14-15H2,1-5H3,(H,31,36)(H,30,32,34)/t26-/m0/s1. The van der Waals surface area contributed by atoms with Gasteiger partial charge in [-0.05, 0) is 52.8 Å². The lowest BCUT2D eigenvalue weighted by Gasteiger charge is -2.34. The molecule has 0 fully saturated rings. The maximum Gasteiger partial charge on any atom is 0.248 e. The number of nitrogens with one attached hydrogen (secondary N) is 2. The fourth-order valence-corrected chi connectivity index (χ4v) is 4.07. The molecule has 0 saturated heterocycles. The highest BCUT2D eigenvalue weighted by atomic mass is 35.5. The molecule has 0 aliphatic rings. The quantitative estimate of drug-likeness (QED) is 0.354. The van der Waals surface area contributed by atoms with Crippen molar-refractivity contribution in [2.75, 3.05) is 16.8 Å². The number of carbonyl (C=O) groups excluding carboxylic acids is 3. The van der Waals surface area contributed by atoms with E-state index in [9.17, 15) is 14.4 Å². The molecule has 3 amide bonds. The Hall–Kier alpha value is -3.85. The molecule has 1 atom stereocenters. The molecule has 3 aromatic rings. The predicted octanol–water partition coefficient (Wildman–Crippen LogP) is 5.44. The van der Waals surface area contributed by atoms with Gasteiger partial charge in [-0.1, -0.05) is 41.0 Å². The molecule has 0 saturated carbocycles. The zero-order chi connectivity index (χ0) is 27.9. The van der Waals surface area contributed by atoms with E-state index in [1.165, 1.54) is 4.90 Å². The molecule has 0 aliphatic carbocycles. The smallest absolute Gasteiger partial charge is 0.248 e. The van der Waals surface area contributed by atoms with Gasteiger partial charge >= 0.3 is 0 Å². The predicted molar refractivity (Wildman–Crippen MR) is 146 cm³/mol. The third-order valence-corrected chi connectivity index (χ3v) is 5.69. The topological polar surface area (TPSA) is 114 Å². The van der Waals surface area contributed by atoms with Crippen LogP contribution in [-0.4, -0.2) is 35.0 Å². The van der Waals surface area contributed by atoms with Crippen LogP contribution < -0.4 is 20.3 Å². The molecule has 1 heterocycles. The maximum absolute atomic E-state index is 13.8. The van der Waals surface area contributed by atoms with E-state index in [0.29, 0.717) is 34.4 Å². The molecular weight excluding hydrogens is 508 g/mol. The number of carbonyl (C=O) groups is 3. The van der Waals surface area contributed by atoms with Gasteiger partial charge in [-0.25, -0.2) is 0 Å². The summed E-state index contributed by atoms with van der Waals surface area (Å²) in [5, 5.41) is 9.66. The van der Waals surface area contributed by atoms with Gasteiger partial charge in [0.25, 0.3) is 0 Å². The number of amides is 3. The molecule has 0 spiro atoms. The first-order valence-electron chi connectivity index (χ1n) is 12.3. The average molecular weight is 541 g/mol. The highest BCUT2D eigenvalue weighted by Crippen LogP contribution is 2.34. The molecule has 2 N–H and O–H groups in total. The number of anilines is 2. The fourth-order valence-electron chi connectivity index (χ4n) is 3.83. The SMILES string of the molecule is CCOc1cccc(N(C(=O)CCC(=O)Nc2cc(C)on2)[C@H](C(=O)NC(C)(C)C)c2ccccc2Cl)c1. The second-order valence-corrected chi connectivity index (χ2v) is 10.1. The van der Waals surface area contributed by atoms with Crippen molar-refractivity contribution in [3.8, 4) is 5.75 Å². The van der Waals surface area contributed by atoms with Gasteiger partial charge in [0.2, 0.25) is 17.7 Å². The molecule has 0 unspecified atom stereocenters. The number of aryl methyl sites for hydroxylation is 1. The van der Waals surface area contributed by atoms with E-state index < -0.39 is 29.3 Å². The van der Waals surface area contributed by atoms with Crippen LogP contribution >= 0.6 is 11.6 Å². The molecule has 3 rings (SSSR count). The Bertz CT molecular complexity index is 1280. The summed E-state index contributed by atoms with van der Waals surface area (Å²) < 4.78 is 10.6. The normalized spacial score (nSPS) is 11.9. The van der Waals surface area contributed by atoms with Crippen molar-refractivity contribution in [3.63, 3.8) is 0 Å². The molecule has 0 aliphatic heterocycles. The van der Waals surface area contributed by atoms with E-state index in [1.54, 1.807) is 61.5 Å². The number of hydrogen-bond acceptors (Lipinski definition) is 6. The minimum absolute atomic E-state index is 0.136. The van der Waals surface area contributed by atoms with Gasteiger partial charge in [-0.2, -0.15) is 0 Å². The summed E-state index contributed by atoms with van der Waals surface area (Å²) in [7, 11) is 0. The zero-order valence-electron chi connectivity index (χ0n) is 22.2. The molecule has 9 nitrogen and oxygen atoms in total. The summed E-state index contributed by atoms with van der Waals surface area (Å²) in [5.41, 5.74) is 0.310.